The highest BCUT2D eigenvalue weighted by atomic mass is 35.5. The van der Waals surface area contributed by atoms with Gasteiger partial charge in [0.25, 0.3) is 0 Å². The molecule has 0 aromatic carbocycles. The van der Waals surface area contributed by atoms with Gasteiger partial charge in [0.05, 0.1) is 34.5 Å². The Kier molecular flexibility index (Phi) is 4.27. The average Bonchev–Trinajstić information content (AvgIpc) is 2.88. The van der Waals surface area contributed by atoms with E-state index in [1.807, 2.05) is 42.8 Å². The quantitative estimate of drug-likeness (QED) is 0.912. The Bertz CT molecular complexity index is 557. The molecule has 0 amide bonds. The smallest absolute Gasteiger partial charge is 0.0946 e. The molecule has 19 heavy (non-hydrogen) atoms. The summed E-state index contributed by atoms with van der Waals surface area (Å²) in [6.45, 7) is 4.92. The molecule has 0 spiro atoms. The normalized spacial score (nSPS) is 12.9. The van der Waals surface area contributed by atoms with Gasteiger partial charge in [-0.15, -0.1) is 0 Å². The first-order chi connectivity index (χ1) is 9.04. The van der Waals surface area contributed by atoms with Crippen molar-refractivity contribution in [3.63, 3.8) is 0 Å². The number of nitrogens with one attached hydrogen (secondary N) is 1. The van der Waals surface area contributed by atoms with Crippen LogP contribution in [0.1, 0.15) is 30.0 Å². The van der Waals surface area contributed by atoms with Crippen molar-refractivity contribution < 1.29 is 0 Å². The third kappa shape index (κ3) is 2.82. The van der Waals surface area contributed by atoms with Crippen LogP contribution in [0.3, 0.4) is 0 Å². The van der Waals surface area contributed by atoms with Gasteiger partial charge >= 0.3 is 0 Å². The Morgan fingerprint density at radius 3 is 2.63 bits per heavy atom. The van der Waals surface area contributed by atoms with Gasteiger partial charge in [-0.1, -0.05) is 18.5 Å². The van der Waals surface area contributed by atoms with E-state index in [9.17, 15) is 0 Å². The second-order valence-corrected chi connectivity index (χ2v) is 5.09. The van der Waals surface area contributed by atoms with E-state index in [0.717, 1.165) is 35.1 Å². The summed E-state index contributed by atoms with van der Waals surface area (Å²) in [5, 5.41) is 8.60. The highest BCUT2D eigenvalue weighted by Gasteiger charge is 2.19. The molecule has 6 heteroatoms. The lowest BCUT2D eigenvalue weighted by Crippen LogP contribution is -2.25. The number of hydrogen-bond donors (Lipinski definition) is 1. The minimum absolute atomic E-state index is 0.185. The molecule has 0 bridgehead atoms. The number of imidazole rings is 1. The van der Waals surface area contributed by atoms with Crippen LogP contribution in [0.15, 0.2) is 12.5 Å². The van der Waals surface area contributed by atoms with Crippen molar-refractivity contribution in [1.82, 2.24) is 24.6 Å². The predicted molar refractivity (Wildman–Crippen MR) is 76.3 cm³/mol. The van der Waals surface area contributed by atoms with Gasteiger partial charge < -0.3 is 9.88 Å². The lowest BCUT2D eigenvalue weighted by atomic mass is 10.1. The molecule has 0 aliphatic heterocycles. The Morgan fingerprint density at radius 1 is 1.42 bits per heavy atom. The average molecular weight is 282 g/mol. The Balaban J connectivity index is 2.29. The lowest BCUT2D eigenvalue weighted by molar-refractivity contribution is 0.504. The third-order valence-electron chi connectivity index (χ3n) is 3.32. The van der Waals surface area contributed by atoms with Crippen LogP contribution in [0.4, 0.5) is 0 Å². The van der Waals surface area contributed by atoms with E-state index < -0.39 is 0 Å². The van der Waals surface area contributed by atoms with Gasteiger partial charge in [-0.25, -0.2) is 4.98 Å². The fourth-order valence-corrected chi connectivity index (χ4v) is 2.56. The van der Waals surface area contributed by atoms with Gasteiger partial charge in [-0.2, -0.15) is 5.10 Å². The number of halogens is 1. The van der Waals surface area contributed by atoms with Crippen molar-refractivity contribution in [2.45, 2.75) is 26.3 Å². The highest BCUT2D eigenvalue weighted by molar-refractivity contribution is 6.31. The van der Waals surface area contributed by atoms with Crippen LogP contribution in [0.2, 0.25) is 5.02 Å². The van der Waals surface area contributed by atoms with Gasteiger partial charge in [-0.3, -0.25) is 4.68 Å². The summed E-state index contributed by atoms with van der Waals surface area (Å²) in [4.78, 5) is 4.18. The van der Waals surface area contributed by atoms with Crippen molar-refractivity contribution in [3.05, 3.63) is 34.6 Å². The molecule has 2 rings (SSSR count). The summed E-state index contributed by atoms with van der Waals surface area (Å²) in [6.07, 6.45) is 4.50. The number of nitrogens with zero attached hydrogens (tertiary/aromatic N) is 4. The number of aryl methyl sites for hydroxylation is 3. The molecule has 0 aliphatic carbocycles. The molecule has 5 nitrogen and oxygen atoms in total. The summed E-state index contributed by atoms with van der Waals surface area (Å²) < 4.78 is 3.89. The zero-order valence-corrected chi connectivity index (χ0v) is 12.6. The summed E-state index contributed by atoms with van der Waals surface area (Å²) in [6, 6.07) is 0.185. The minimum atomic E-state index is 0.185. The van der Waals surface area contributed by atoms with E-state index in [0.29, 0.717) is 0 Å². The number of aromatic nitrogens is 4. The van der Waals surface area contributed by atoms with Crippen LogP contribution in [-0.4, -0.2) is 25.9 Å². The predicted octanol–water partition coefficient (Wildman–Crippen LogP) is 2.01. The summed E-state index contributed by atoms with van der Waals surface area (Å²) >= 11 is 6.33. The fourth-order valence-electron chi connectivity index (χ4n) is 2.33. The van der Waals surface area contributed by atoms with E-state index in [-0.39, 0.29) is 6.04 Å². The molecule has 0 saturated heterocycles. The molecule has 0 radical (unpaired) electrons. The maximum Gasteiger partial charge on any atom is 0.0946 e. The molecule has 1 N–H and O–H groups in total. The molecule has 1 unspecified atom stereocenters. The van der Waals surface area contributed by atoms with E-state index >= 15 is 0 Å². The summed E-state index contributed by atoms with van der Waals surface area (Å²) in [7, 11) is 3.93. The summed E-state index contributed by atoms with van der Waals surface area (Å²) in [5.74, 6) is 0. The van der Waals surface area contributed by atoms with Crippen LogP contribution in [0.5, 0.6) is 0 Å². The van der Waals surface area contributed by atoms with Crippen molar-refractivity contribution in [2.75, 3.05) is 6.54 Å². The van der Waals surface area contributed by atoms with Crippen molar-refractivity contribution >= 4 is 11.6 Å². The van der Waals surface area contributed by atoms with E-state index in [4.69, 9.17) is 11.6 Å². The first-order valence-electron chi connectivity index (χ1n) is 6.42. The number of hydrogen-bond acceptors (Lipinski definition) is 3. The molecular formula is C13H20ClN5. The molecular weight excluding hydrogens is 262 g/mol. The molecule has 0 fully saturated rings. The van der Waals surface area contributed by atoms with Crippen molar-refractivity contribution in [1.29, 1.82) is 0 Å². The van der Waals surface area contributed by atoms with E-state index in [2.05, 4.69) is 22.3 Å². The fraction of sp³-hybridized carbons (Fsp3) is 0.538. The van der Waals surface area contributed by atoms with Crippen LogP contribution in [0, 0.1) is 6.92 Å². The molecule has 2 aromatic rings. The maximum atomic E-state index is 6.33. The molecule has 0 saturated carbocycles. The monoisotopic (exact) mass is 281 g/mol. The van der Waals surface area contributed by atoms with Crippen LogP contribution in [0.25, 0.3) is 0 Å². The van der Waals surface area contributed by atoms with E-state index in [1.54, 1.807) is 0 Å². The standard InChI is InChI=1S/C13H20ClN5/c1-5-16-10(12-7-15-8-18(12)3)6-11-13(14)9(2)17-19(11)4/h7-8,10,16H,5-6H2,1-4H3. The Hall–Kier alpha value is -1.33. The topological polar surface area (TPSA) is 47.7 Å². The molecule has 104 valence electrons. The van der Waals surface area contributed by atoms with Crippen LogP contribution < -0.4 is 5.32 Å². The van der Waals surface area contributed by atoms with Crippen molar-refractivity contribution in [3.8, 4) is 0 Å². The molecule has 2 aromatic heterocycles. The van der Waals surface area contributed by atoms with E-state index in [1.165, 1.54) is 0 Å². The first-order valence-corrected chi connectivity index (χ1v) is 6.80. The Labute approximate surface area is 118 Å². The largest absolute Gasteiger partial charge is 0.336 e. The third-order valence-corrected chi connectivity index (χ3v) is 3.81. The SMILES string of the molecule is CCNC(Cc1c(Cl)c(C)nn1C)c1cncn1C. The zero-order valence-electron chi connectivity index (χ0n) is 11.8. The van der Waals surface area contributed by atoms with Gasteiger partial charge in [0.1, 0.15) is 0 Å². The number of rotatable bonds is 5. The zero-order chi connectivity index (χ0) is 14.0. The van der Waals surface area contributed by atoms with Crippen LogP contribution in [-0.2, 0) is 20.5 Å². The van der Waals surface area contributed by atoms with Gasteiger partial charge in [0.2, 0.25) is 0 Å². The van der Waals surface area contributed by atoms with Gasteiger partial charge in [0, 0.05) is 26.7 Å². The Morgan fingerprint density at radius 2 is 2.16 bits per heavy atom. The van der Waals surface area contributed by atoms with Crippen molar-refractivity contribution in [2.24, 2.45) is 14.1 Å². The first kappa shape index (κ1) is 14.1. The highest BCUT2D eigenvalue weighted by Crippen LogP contribution is 2.25. The molecule has 2 heterocycles. The van der Waals surface area contributed by atoms with Crippen LogP contribution >= 0.6 is 11.6 Å². The minimum Gasteiger partial charge on any atom is -0.336 e. The van der Waals surface area contributed by atoms with Gasteiger partial charge in [-0.05, 0) is 13.5 Å². The molecule has 1 atom stereocenters. The number of likely N-dealkylation sites (N-methyl/N-ethyl adjacent to an activating group) is 1. The summed E-state index contributed by atoms with van der Waals surface area (Å²) in [5.41, 5.74) is 3.07. The van der Waals surface area contributed by atoms with Gasteiger partial charge in [0.15, 0.2) is 0 Å². The molecule has 0 aliphatic rings. The second-order valence-electron chi connectivity index (χ2n) is 4.71. The lowest BCUT2D eigenvalue weighted by Gasteiger charge is -2.18. The maximum absolute atomic E-state index is 6.33. The second kappa shape index (κ2) is 5.75.